The molecule has 4 heteroatoms. The number of hydrogen-bond donors (Lipinski definition) is 2. The van der Waals surface area contributed by atoms with Crippen LogP contribution in [-0.4, -0.2) is 41.7 Å². The second kappa shape index (κ2) is 9.19. The van der Waals surface area contributed by atoms with Gasteiger partial charge in [-0.1, -0.05) is 54.5 Å². The first kappa shape index (κ1) is 18.2. The molecule has 2 aromatic rings. The second-order valence-electron chi connectivity index (χ2n) is 6.65. The van der Waals surface area contributed by atoms with E-state index in [0.29, 0.717) is 0 Å². The molecule has 1 aliphatic rings. The Morgan fingerprint density at radius 2 is 1.81 bits per heavy atom. The molecule has 1 heterocycles. The molecule has 26 heavy (non-hydrogen) atoms. The van der Waals surface area contributed by atoms with Gasteiger partial charge >= 0.3 is 0 Å². The summed E-state index contributed by atoms with van der Waals surface area (Å²) >= 11 is 0. The number of carbonyl (C=O) groups excluding carboxylic acids is 1. The van der Waals surface area contributed by atoms with Crippen molar-refractivity contribution in [3.63, 3.8) is 0 Å². The van der Waals surface area contributed by atoms with Crippen LogP contribution < -0.4 is 5.32 Å². The Hall–Kier alpha value is -2.61. The van der Waals surface area contributed by atoms with Gasteiger partial charge in [-0.3, -0.25) is 9.69 Å². The van der Waals surface area contributed by atoms with Crippen molar-refractivity contribution in [2.75, 3.05) is 19.7 Å². The number of benzene rings is 2. The van der Waals surface area contributed by atoms with Gasteiger partial charge in [-0.05, 0) is 30.7 Å². The molecule has 0 saturated carbocycles. The molecule has 4 nitrogen and oxygen atoms in total. The maximum atomic E-state index is 12.2. The molecule has 2 atom stereocenters. The van der Waals surface area contributed by atoms with E-state index < -0.39 is 0 Å². The summed E-state index contributed by atoms with van der Waals surface area (Å²) in [6.45, 7) is 2.57. The zero-order valence-corrected chi connectivity index (χ0v) is 14.8. The predicted molar refractivity (Wildman–Crippen MR) is 102 cm³/mol. The van der Waals surface area contributed by atoms with Gasteiger partial charge in [0.2, 0.25) is 0 Å². The number of nitrogens with zero attached hydrogens (tertiary/aromatic N) is 1. The molecule has 0 aromatic heterocycles. The molecule has 1 amide bonds. The van der Waals surface area contributed by atoms with Gasteiger partial charge in [0, 0.05) is 43.1 Å². The highest BCUT2D eigenvalue weighted by atomic mass is 16.3. The maximum absolute atomic E-state index is 12.2. The zero-order chi connectivity index (χ0) is 18.2. The van der Waals surface area contributed by atoms with Gasteiger partial charge in [0.15, 0.2) is 0 Å². The first-order chi connectivity index (χ1) is 12.7. The van der Waals surface area contributed by atoms with Crippen LogP contribution in [0, 0.1) is 17.8 Å². The number of piperidine rings is 1. The summed E-state index contributed by atoms with van der Waals surface area (Å²) in [5.41, 5.74) is 2.07. The summed E-state index contributed by atoms with van der Waals surface area (Å²) in [6, 6.07) is 19.7. The Labute approximate surface area is 154 Å². The first-order valence-corrected chi connectivity index (χ1v) is 8.99. The van der Waals surface area contributed by atoms with Crippen molar-refractivity contribution in [2.24, 2.45) is 5.92 Å². The number of nitrogens with one attached hydrogen (secondary N) is 1. The fourth-order valence-corrected chi connectivity index (χ4v) is 3.29. The Morgan fingerprint density at radius 1 is 1.12 bits per heavy atom. The van der Waals surface area contributed by atoms with E-state index in [1.165, 1.54) is 5.56 Å². The molecule has 2 unspecified atom stereocenters. The van der Waals surface area contributed by atoms with Crippen molar-refractivity contribution in [1.82, 2.24) is 10.2 Å². The van der Waals surface area contributed by atoms with Gasteiger partial charge in [-0.25, -0.2) is 0 Å². The van der Waals surface area contributed by atoms with Gasteiger partial charge in [-0.15, -0.1) is 0 Å². The van der Waals surface area contributed by atoms with Crippen LogP contribution in [0.4, 0.5) is 0 Å². The number of aliphatic hydroxyl groups is 1. The third-order valence-corrected chi connectivity index (χ3v) is 4.73. The average molecular weight is 348 g/mol. The van der Waals surface area contributed by atoms with Crippen molar-refractivity contribution in [1.29, 1.82) is 0 Å². The highest BCUT2D eigenvalue weighted by Crippen LogP contribution is 2.19. The van der Waals surface area contributed by atoms with Gasteiger partial charge in [-0.2, -0.15) is 0 Å². The molecule has 2 N–H and O–H groups in total. The van der Waals surface area contributed by atoms with Crippen LogP contribution in [0.2, 0.25) is 0 Å². The molecule has 0 spiro atoms. The number of aliphatic hydroxyl groups excluding tert-OH is 1. The Morgan fingerprint density at radius 3 is 2.50 bits per heavy atom. The van der Waals surface area contributed by atoms with Gasteiger partial charge in [0.25, 0.3) is 5.91 Å². The van der Waals surface area contributed by atoms with Gasteiger partial charge in [0.1, 0.15) is 0 Å². The van der Waals surface area contributed by atoms with Crippen LogP contribution in [0.5, 0.6) is 0 Å². The third-order valence-electron chi connectivity index (χ3n) is 4.73. The van der Waals surface area contributed by atoms with Crippen molar-refractivity contribution >= 4 is 5.91 Å². The summed E-state index contributed by atoms with van der Waals surface area (Å²) in [5, 5.41) is 12.6. The summed E-state index contributed by atoms with van der Waals surface area (Å²) < 4.78 is 0. The molecular weight excluding hydrogens is 324 g/mol. The summed E-state index contributed by atoms with van der Waals surface area (Å²) in [5.74, 6) is 5.32. The normalized spacial score (nSPS) is 20.0. The molecule has 0 radical (unpaired) electrons. The minimum absolute atomic E-state index is 0.0736. The van der Waals surface area contributed by atoms with Crippen LogP contribution >= 0.6 is 0 Å². The van der Waals surface area contributed by atoms with E-state index in [4.69, 9.17) is 0 Å². The highest BCUT2D eigenvalue weighted by molar-refractivity contribution is 5.94. The molecule has 0 aliphatic carbocycles. The van der Waals surface area contributed by atoms with Gasteiger partial charge in [0.05, 0.1) is 0 Å². The molecule has 0 bridgehead atoms. The number of likely N-dealkylation sites (tertiary alicyclic amines) is 1. The minimum Gasteiger partial charge on any atom is -0.396 e. The fourth-order valence-electron chi connectivity index (χ4n) is 3.29. The van der Waals surface area contributed by atoms with Crippen LogP contribution in [0.1, 0.15) is 17.5 Å². The Balaban J connectivity index is 1.60. The van der Waals surface area contributed by atoms with E-state index >= 15 is 0 Å². The standard InChI is InChI=1S/C22H24N2O2/c25-17-20-13-14-24(15-19-9-5-2-6-10-19)16-21(20)23-22(26)12-11-18-7-3-1-4-8-18/h1-10,20-21,25H,13-17H2,(H,23,26). The Kier molecular flexibility index (Phi) is 6.43. The number of hydrogen-bond acceptors (Lipinski definition) is 3. The topological polar surface area (TPSA) is 52.6 Å². The molecule has 1 fully saturated rings. The number of rotatable bonds is 4. The van der Waals surface area contributed by atoms with Crippen LogP contribution in [0.15, 0.2) is 60.7 Å². The van der Waals surface area contributed by atoms with Gasteiger partial charge < -0.3 is 10.4 Å². The van der Waals surface area contributed by atoms with Crippen LogP contribution in [0.25, 0.3) is 0 Å². The molecule has 1 aliphatic heterocycles. The lowest BCUT2D eigenvalue weighted by Crippen LogP contribution is -2.53. The van der Waals surface area contributed by atoms with E-state index in [0.717, 1.165) is 31.6 Å². The molecule has 1 saturated heterocycles. The first-order valence-electron chi connectivity index (χ1n) is 8.99. The van der Waals surface area contributed by atoms with Crippen LogP contribution in [0.3, 0.4) is 0 Å². The van der Waals surface area contributed by atoms with Crippen LogP contribution in [-0.2, 0) is 11.3 Å². The van der Waals surface area contributed by atoms with Crippen molar-refractivity contribution < 1.29 is 9.90 Å². The van der Waals surface area contributed by atoms with E-state index in [2.05, 4.69) is 34.2 Å². The quantitative estimate of drug-likeness (QED) is 0.832. The lowest BCUT2D eigenvalue weighted by atomic mass is 9.92. The fraction of sp³-hybridized carbons (Fsp3) is 0.318. The summed E-state index contributed by atoms with van der Waals surface area (Å²) in [7, 11) is 0. The molecule has 2 aromatic carbocycles. The SMILES string of the molecule is O=C(C#Cc1ccccc1)NC1CN(Cc2ccccc2)CCC1CO. The lowest BCUT2D eigenvalue weighted by molar-refractivity contribution is -0.117. The minimum atomic E-state index is -0.293. The number of amides is 1. The lowest BCUT2D eigenvalue weighted by Gasteiger charge is -2.38. The smallest absolute Gasteiger partial charge is 0.296 e. The highest BCUT2D eigenvalue weighted by Gasteiger charge is 2.29. The average Bonchev–Trinajstić information content (AvgIpc) is 2.68. The maximum Gasteiger partial charge on any atom is 0.296 e. The summed E-state index contributed by atoms with van der Waals surface area (Å²) in [6.07, 6.45) is 0.862. The summed E-state index contributed by atoms with van der Waals surface area (Å²) in [4.78, 5) is 14.5. The van der Waals surface area contributed by atoms with E-state index in [-0.39, 0.29) is 24.5 Å². The zero-order valence-electron chi connectivity index (χ0n) is 14.8. The molecular formula is C22H24N2O2. The van der Waals surface area contributed by atoms with Crippen molar-refractivity contribution in [2.45, 2.75) is 19.0 Å². The largest absolute Gasteiger partial charge is 0.396 e. The van der Waals surface area contributed by atoms with E-state index in [9.17, 15) is 9.90 Å². The third kappa shape index (κ3) is 5.19. The second-order valence-corrected chi connectivity index (χ2v) is 6.65. The molecule has 3 rings (SSSR count). The van der Waals surface area contributed by atoms with Crippen molar-refractivity contribution in [3.8, 4) is 11.8 Å². The Bertz CT molecular complexity index is 765. The number of carbonyl (C=O) groups is 1. The van der Waals surface area contributed by atoms with E-state index in [1.54, 1.807) is 0 Å². The predicted octanol–water partition coefficient (Wildman–Crippen LogP) is 2.04. The molecule has 134 valence electrons. The monoisotopic (exact) mass is 348 g/mol. The van der Waals surface area contributed by atoms with Crippen molar-refractivity contribution in [3.05, 3.63) is 71.8 Å². The van der Waals surface area contributed by atoms with E-state index in [1.807, 2.05) is 48.5 Å².